The Hall–Kier alpha value is -1.95. The quantitative estimate of drug-likeness (QED) is 0.759. The predicted molar refractivity (Wildman–Crippen MR) is 63.4 cm³/mol. The maximum atomic E-state index is 11.5. The van der Waals surface area contributed by atoms with Gasteiger partial charge in [0, 0.05) is 0 Å². The molecule has 16 heavy (non-hydrogen) atoms. The van der Waals surface area contributed by atoms with Gasteiger partial charge in [-0.15, -0.1) is 6.42 Å². The second kappa shape index (κ2) is 5.22. The fraction of sp³-hybridized carbons (Fsp3) is 0.308. The first-order chi connectivity index (χ1) is 7.56. The Bertz CT molecular complexity index is 430. The Morgan fingerprint density at radius 2 is 2.25 bits per heavy atom. The Morgan fingerprint density at radius 1 is 1.56 bits per heavy atom. The van der Waals surface area contributed by atoms with Crippen LogP contribution in [0.25, 0.3) is 0 Å². The molecule has 3 heteroatoms. The van der Waals surface area contributed by atoms with Crippen molar-refractivity contribution in [1.82, 2.24) is 5.32 Å². The number of rotatable bonds is 3. The molecule has 0 unspecified atom stereocenters. The Labute approximate surface area is 95.5 Å². The topological polar surface area (TPSA) is 49.3 Å². The first-order valence-electron chi connectivity index (χ1n) is 5.10. The maximum Gasteiger partial charge on any atom is 0.255 e. The monoisotopic (exact) mass is 217 g/mol. The van der Waals surface area contributed by atoms with E-state index in [2.05, 4.69) is 11.2 Å². The van der Waals surface area contributed by atoms with Gasteiger partial charge < -0.3 is 10.4 Å². The van der Waals surface area contributed by atoms with Gasteiger partial charge in [0.25, 0.3) is 5.91 Å². The van der Waals surface area contributed by atoms with Crippen LogP contribution < -0.4 is 5.32 Å². The highest BCUT2D eigenvalue weighted by Crippen LogP contribution is 2.23. The Balaban J connectivity index is 2.91. The van der Waals surface area contributed by atoms with Crippen LogP contribution >= 0.6 is 0 Å². The molecular formula is C13H15NO2. The predicted octanol–water partition coefficient (Wildman–Crippen LogP) is 1.88. The van der Waals surface area contributed by atoms with E-state index in [0.717, 1.165) is 5.56 Å². The number of carbonyl (C=O) groups is 1. The first kappa shape index (κ1) is 12.1. The minimum atomic E-state index is -0.356. The van der Waals surface area contributed by atoms with Crippen molar-refractivity contribution < 1.29 is 9.90 Å². The number of carbonyl (C=O) groups excluding carboxylic acids is 1. The lowest BCUT2D eigenvalue weighted by Crippen LogP contribution is -2.23. The number of aromatic hydroxyl groups is 1. The lowest BCUT2D eigenvalue weighted by Gasteiger charge is -2.09. The second-order valence-electron chi connectivity index (χ2n) is 3.82. The number of benzene rings is 1. The minimum absolute atomic E-state index is 0.0132. The van der Waals surface area contributed by atoms with Crippen LogP contribution in [0, 0.1) is 12.3 Å². The summed E-state index contributed by atoms with van der Waals surface area (Å²) >= 11 is 0. The number of phenols is 1. The van der Waals surface area contributed by atoms with Gasteiger partial charge in [0.05, 0.1) is 12.1 Å². The standard InChI is InChI=1S/C13H15NO2/c1-4-7-14-13(16)11-6-5-10(9(2)3)8-12(11)15/h1,5-6,8-9,15H,7H2,2-3H3,(H,14,16). The van der Waals surface area contributed by atoms with Gasteiger partial charge in [0.15, 0.2) is 0 Å². The number of hydrogen-bond donors (Lipinski definition) is 2. The van der Waals surface area contributed by atoms with Crippen LogP contribution in [0.3, 0.4) is 0 Å². The first-order valence-corrected chi connectivity index (χ1v) is 5.10. The van der Waals surface area contributed by atoms with Gasteiger partial charge in [0.1, 0.15) is 5.75 Å². The van der Waals surface area contributed by atoms with E-state index < -0.39 is 0 Å². The maximum absolute atomic E-state index is 11.5. The van der Waals surface area contributed by atoms with E-state index in [9.17, 15) is 9.90 Å². The number of nitrogens with one attached hydrogen (secondary N) is 1. The highest BCUT2D eigenvalue weighted by atomic mass is 16.3. The lowest BCUT2D eigenvalue weighted by atomic mass is 10.0. The van der Waals surface area contributed by atoms with Gasteiger partial charge >= 0.3 is 0 Å². The van der Waals surface area contributed by atoms with E-state index >= 15 is 0 Å². The molecule has 1 rings (SSSR count). The van der Waals surface area contributed by atoms with E-state index in [-0.39, 0.29) is 23.8 Å². The lowest BCUT2D eigenvalue weighted by molar-refractivity contribution is 0.0956. The summed E-state index contributed by atoms with van der Waals surface area (Å²) in [5.74, 6) is 2.25. The molecule has 1 aromatic rings. The highest BCUT2D eigenvalue weighted by Gasteiger charge is 2.11. The second-order valence-corrected chi connectivity index (χ2v) is 3.82. The van der Waals surface area contributed by atoms with Crippen LogP contribution in [0.5, 0.6) is 5.75 Å². The molecule has 1 amide bonds. The summed E-state index contributed by atoms with van der Waals surface area (Å²) in [6, 6.07) is 5.04. The fourth-order valence-corrected chi connectivity index (χ4v) is 1.33. The number of hydrogen-bond acceptors (Lipinski definition) is 2. The van der Waals surface area contributed by atoms with Crippen molar-refractivity contribution in [3.8, 4) is 18.1 Å². The normalized spacial score (nSPS) is 9.88. The van der Waals surface area contributed by atoms with Gasteiger partial charge in [-0.05, 0) is 23.6 Å². The third-order valence-electron chi connectivity index (χ3n) is 2.28. The molecule has 0 atom stereocenters. The summed E-state index contributed by atoms with van der Waals surface area (Å²) in [4.78, 5) is 11.5. The summed E-state index contributed by atoms with van der Waals surface area (Å²) in [5, 5.41) is 12.2. The molecule has 0 heterocycles. The summed E-state index contributed by atoms with van der Waals surface area (Å²) in [6.07, 6.45) is 5.03. The van der Waals surface area contributed by atoms with E-state index in [0.29, 0.717) is 5.92 Å². The zero-order valence-electron chi connectivity index (χ0n) is 9.45. The average Bonchev–Trinajstić information content (AvgIpc) is 2.25. The van der Waals surface area contributed by atoms with Gasteiger partial charge in [0.2, 0.25) is 0 Å². The molecule has 0 saturated carbocycles. The van der Waals surface area contributed by atoms with Crippen LogP contribution in [0.2, 0.25) is 0 Å². The smallest absolute Gasteiger partial charge is 0.255 e. The van der Waals surface area contributed by atoms with Crippen molar-refractivity contribution in [2.75, 3.05) is 6.54 Å². The van der Waals surface area contributed by atoms with Crippen LogP contribution in [0.15, 0.2) is 18.2 Å². The summed E-state index contributed by atoms with van der Waals surface area (Å²) in [6.45, 7) is 4.20. The number of amides is 1. The molecule has 0 radical (unpaired) electrons. The molecule has 2 N–H and O–H groups in total. The molecule has 0 aliphatic carbocycles. The van der Waals surface area contributed by atoms with Gasteiger partial charge in [-0.25, -0.2) is 0 Å². The summed E-state index contributed by atoms with van der Waals surface area (Å²) < 4.78 is 0. The molecule has 0 spiro atoms. The summed E-state index contributed by atoms with van der Waals surface area (Å²) in [5.41, 5.74) is 1.24. The van der Waals surface area contributed by atoms with Crippen molar-refractivity contribution in [3.05, 3.63) is 29.3 Å². The Morgan fingerprint density at radius 3 is 2.75 bits per heavy atom. The van der Waals surface area contributed by atoms with Gasteiger partial charge in [-0.1, -0.05) is 25.8 Å². The molecule has 0 aromatic heterocycles. The minimum Gasteiger partial charge on any atom is -0.507 e. The van der Waals surface area contributed by atoms with Crippen LogP contribution in [-0.4, -0.2) is 17.6 Å². The Kier molecular flexibility index (Phi) is 3.96. The van der Waals surface area contributed by atoms with Crippen molar-refractivity contribution in [2.24, 2.45) is 0 Å². The molecule has 0 bridgehead atoms. The van der Waals surface area contributed by atoms with Crippen LogP contribution in [-0.2, 0) is 0 Å². The number of phenolic OH excluding ortho intramolecular Hbond substituents is 1. The van der Waals surface area contributed by atoms with Gasteiger partial charge in [-0.2, -0.15) is 0 Å². The van der Waals surface area contributed by atoms with E-state index in [1.807, 2.05) is 19.9 Å². The molecule has 84 valence electrons. The molecular weight excluding hydrogens is 202 g/mol. The largest absolute Gasteiger partial charge is 0.507 e. The zero-order chi connectivity index (χ0) is 12.1. The third kappa shape index (κ3) is 2.77. The van der Waals surface area contributed by atoms with Gasteiger partial charge in [-0.3, -0.25) is 4.79 Å². The molecule has 0 aliphatic heterocycles. The molecule has 0 fully saturated rings. The zero-order valence-corrected chi connectivity index (χ0v) is 9.45. The average molecular weight is 217 g/mol. The summed E-state index contributed by atoms with van der Waals surface area (Å²) in [7, 11) is 0. The van der Waals surface area contributed by atoms with Crippen LogP contribution in [0.4, 0.5) is 0 Å². The molecule has 0 saturated heterocycles. The highest BCUT2D eigenvalue weighted by molar-refractivity contribution is 5.97. The molecule has 3 nitrogen and oxygen atoms in total. The van der Waals surface area contributed by atoms with Crippen molar-refractivity contribution in [1.29, 1.82) is 0 Å². The van der Waals surface area contributed by atoms with Crippen molar-refractivity contribution in [2.45, 2.75) is 19.8 Å². The van der Waals surface area contributed by atoms with Crippen LogP contribution in [0.1, 0.15) is 35.7 Å². The van der Waals surface area contributed by atoms with E-state index in [1.165, 1.54) is 0 Å². The molecule has 1 aromatic carbocycles. The SMILES string of the molecule is C#CCNC(=O)c1ccc(C(C)C)cc1O. The van der Waals surface area contributed by atoms with E-state index in [1.54, 1.807) is 12.1 Å². The van der Waals surface area contributed by atoms with Crippen molar-refractivity contribution in [3.63, 3.8) is 0 Å². The molecule has 0 aliphatic rings. The van der Waals surface area contributed by atoms with Crippen molar-refractivity contribution >= 4 is 5.91 Å². The third-order valence-corrected chi connectivity index (χ3v) is 2.28. The fourth-order valence-electron chi connectivity index (χ4n) is 1.33. The number of terminal acetylenes is 1. The van der Waals surface area contributed by atoms with E-state index in [4.69, 9.17) is 6.42 Å².